The predicted octanol–water partition coefficient (Wildman–Crippen LogP) is 2.72. The van der Waals surface area contributed by atoms with Crippen LogP contribution in [0.4, 0.5) is 0 Å². The van der Waals surface area contributed by atoms with Crippen molar-refractivity contribution in [2.45, 2.75) is 20.3 Å². The van der Waals surface area contributed by atoms with Gasteiger partial charge in [0.1, 0.15) is 5.75 Å². The molecule has 82 valence electrons. The van der Waals surface area contributed by atoms with E-state index in [1.165, 1.54) is 0 Å². The summed E-state index contributed by atoms with van der Waals surface area (Å²) in [7, 11) is 0. The molecule has 0 radical (unpaired) electrons. The molecule has 2 aromatic rings. The van der Waals surface area contributed by atoms with Crippen molar-refractivity contribution >= 4 is 0 Å². The highest BCUT2D eigenvalue weighted by Crippen LogP contribution is 2.22. The van der Waals surface area contributed by atoms with Crippen LogP contribution in [0.1, 0.15) is 18.2 Å². The van der Waals surface area contributed by atoms with E-state index in [9.17, 15) is 5.11 Å². The lowest BCUT2D eigenvalue weighted by Crippen LogP contribution is -1.93. The van der Waals surface area contributed by atoms with E-state index in [0.29, 0.717) is 11.6 Å². The smallest absolute Gasteiger partial charge is 0.159 e. The zero-order valence-corrected chi connectivity index (χ0v) is 9.44. The van der Waals surface area contributed by atoms with Crippen molar-refractivity contribution in [2.24, 2.45) is 0 Å². The summed E-state index contributed by atoms with van der Waals surface area (Å²) in [6.45, 7) is 3.93. The molecule has 1 aromatic heterocycles. The molecule has 0 aliphatic heterocycles. The van der Waals surface area contributed by atoms with Gasteiger partial charge in [-0.05, 0) is 43.2 Å². The summed E-state index contributed by atoms with van der Waals surface area (Å²) in [5.74, 6) is 1.01. The van der Waals surface area contributed by atoms with Gasteiger partial charge in [-0.15, -0.1) is 0 Å². The zero-order chi connectivity index (χ0) is 11.5. The van der Waals surface area contributed by atoms with Gasteiger partial charge in [0.2, 0.25) is 0 Å². The van der Waals surface area contributed by atoms with Crippen LogP contribution in [0.2, 0.25) is 0 Å². The number of hydrogen-bond acceptors (Lipinski definition) is 3. The number of phenolic OH excluding ortho intramolecular Hbond substituents is 1. The SMILES string of the molecule is CCc1ccnc(-c2ccc(O)c(C)c2)n1. The highest BCUT2D eigenvalue weighted by atomic mass is 16.3. The molecule has 0 unspecified atom stereocenters. The van der Waals surface area contributed by atoms with Gasteiger partial charge >= 0.3 is 0 Å². The Kier molecular flexibility index (Phi) is 2.86. The summed E-state index contributed by atoms with van der Waals surface area (Å²) >= 11 is 0. The zero-order valence-electron chi connectivity index (χ0n) is 9.44. The number of benzene rings is 1. The van der Waals surface area contributed by atoms with Gasteiger partial charge in [0.25, 0.3) is 0 Å². The van der Waals surface area contributed by atoms with Crippen molar-refractivity contribution in [1.82, 2.24) is 9.97 Å². The summed E-state index contributed by atoms with van der Waals surface area (Å²) < 4.78 is 0. The molecule has 16 heavy (non-hydrogen) atoms. The highest BCUT2D eigenvalue weighted by Gasteiger charge is 2.04. The van der Waals surface area contributed by atoms with E-state index in [0.717, 1.165) is 23.2 Å². The van der Waals surface area contributed by atoms with E-state index < -0.39 is 0 Å². The van der Waals surface area contributed by atoms with Crippen molar-refractivity contribution in [3.05, 3.63) is 41.7 Å². The van der Waals surface area contributed by atoms with E-state index in [1.807, 2.05) is 25.1 Å². The number of hydrogen-bond donors (Lipinski definition) is 1. The molecule has 3 nitrogen and oxygen atoms in total. The van der Waals surface area contributed by atoms with Crippen LogP contribution in [0.3, 0.4) is 0 Å². The first-order chi connectivity index (χ1) is 7.70. The minimum atomic E-state index is 0.301. The number of aromatic nitrogens is 2. The van der Waals surface area contributed by atoms with Gasteiger partial charge in [0.05, 0.1) is 0 Å². The number of nitrogens with zero attached hydrogens (tertiary/aromatic N) is 2. The van der Waals surface area contributed by atoms with Gasteiger partial charge in [-0.3, -0.25) is 0 Å². The van der Waals surface area contributed by atoms with Gasteiger partial charge in [-0.2, -0.15) is 0 Å². The first kappa shape index (κ1) is 10.6. The van der Waals surface area contributed by atoms with E-state index in [1.54, 1.807) is 12.3 Å². The van der Waals surface area contributed by atoms with Crippen molar-refractivity contribution in [3.63, 3.8) is 0 Å². The summed E-state index contributed by atoms with van der Waals surface area (Å²) in [4.78, 5) is 8.68. The average Bonchev–Trinajstić information content (AvgIpc) is 2.33. The molecule has 0 aliphatic rings. The molecule has 1 aromatic carbocycles. The second-order valence-corrected chi connectivity index (χ2v) is 3.73. The van der Waals surface area contributed by atoms with Crippen LogP contribution < -0.4 is 0 Å². The second kappa shape index (κ2) is 4.31. The molecule has 1 heterocycles. The fourth-order valence-electron chi connectivity index (χ4n) is 1.53. The number of aryl methyl sites for hydroxylation is 2. The molecule has 0 saturated carbocycles. The Balaban J connectivity index is 2.46. The Morgan fingerprint density at radius 3 is 2.75 bits per heavy atom. The summed E-state index contributed by atoms with van der Waals surface area (Å²) in [6, 6.07) is 7.31. The van der Waals surface area contributed by atoms with Crippen LogP contribution in [-0.2, 0) is 6.42 Å². The highest BCUT2D eigenvalue weighted by molar-refractivity contribution is 5.58. The number of aromatic hydroxyl groups is 1. The molecule has 0 aliphatic carbocycles. The monoisotopic (exact) mass is 214 g/mol. The molecule has 0 amide bonds. The maximum absolute atomic E-state index is 9.45. The number of rotatable bonds is 2. The Hall–Kier alpha value is -1.90. The fourth-order valence-corrected chi connectivity index (χ4v) is 1.53. The normalized spacial score (nSPS) is 10.4. The Labute approximate surface area is 94.8 Å². The largest absolute Gasteiger partial charge is 0.508 e. The van der Waals surface area contributed by atoms with Crippen LogP contribution in [0, 0.1) is 6.92 Å². The molecule has 0 atom stereocenters. The molecule has 0 spiro atoms. The third kappa shape index (κ3) is 2.03. The van der Waals surface area contributed by atoms with Crippen LogP contribution >= 0.6 is 0 Å². The van der Waals surface area contributed by atoms with Gasteiger partial charge < -0.3 is 5.11 Å². The first-order valence-electron chi connectivity index (χ1n) is 5.32. The number of phenols is 1. The molecule has 2 rings (SSSR count). The van der Waals surface area contributed by atoms with Crippen molar-refractivity contribution in [1.29, 1.82) is 0 Å². The van der Waals surface area contributed by atoms with Gasteiger partial charge in [-0.25, -0.2) is 9.97 Å². The topological polar surface area (TPSA) is 46.0 Å². The Bertz CT molecular complexity index is 509. The van der Waals surface area contributed by atoms with Crippen LogP contribution in [0.5, 0.6) is 5.75 Å². The van der Waals surface area contributed by atoms with E-state index >= 15 is 0 Å². The molecular weight excluding hydrogens is 200 g/mol. The van der Waals surface area contributed by atoms with E-state index in [-0.39, 0.29) is 0 Å². The molecule has 0 bridgehead atoms. The summed E-state index contributed by atoms with van der Waals surface area (Å²) in [6.07, 6.45) is 2.66. The standard InChI is InChI=1S/C13H14N2O/c1-3-11-6-7-14-13(15-11)10-4-5-12(16)9(2)8-10/h4-8,16H,3H2,1-2H3. The molecule has 1 N–H and O–H groups in total. The van der Waals surface area contributed by atoms with Crippen LogP contribution in [0.15, 0.2) is 30.5 Å². The van der Waals surface area contributed by atoms with Crippen LogP contribution in [-0.4, -0.2) is 15.1 Å². The minimum Gasteiger partial charge on any atom is -0.508 e. The van der Waals surface area contributed by atoms with Gasteiger partial charge in [0.15, 0.2) is 5.82 Å². The fraction of sp³-hybridized carbons (Fsp3) is 0.231. The Morgan fingerprint density at radius 2 is 2.06 bits per heavy atom. The lowest BCUT2D eigenvalue weighted by atomic mass is 10.1. The van der Waals surface area contributed by atoms with Crippen molar-refractivity contribution in [3.8, 4) is 17.1 Å². The first-order valence-corrected chi connectivity index (χ1v) is 5.32. The molecular formula is C13H14N2O. The van der Waals surface area contributed by atoms with Crippen molar-refractivity contribution in [2.75, 3.05) is 0 Å². The second-order valence-electron chi connectivity index (χ2n) is 3.73. The van der Waals surface area contributed by atoms with Crippen LogP contribution in [0.25, 0.3) is 11.4 Å². The third-order valence-electron chi connectivity index (χ3n) is 2.53. The summed E-state index contributed by atoms with van der Waals surface area (Å²) in [5, 5.41) is 9.45. The average molecular weight is 214 g/mol. The third-order valence-corrected chi connectivity index (χ3v) is 2.53. The summed E-state index contributed by atoms with van der Waals surface area (Å²) in [5.41, 5.74) is 2.80. The lowest BCUT2D eigenvalue weighted by Gasteiger charge is -2.04. The maximum atomic E-state index is 9.45. The molecule has 0 saturated heterocycles. The van der Waals surface area contributed by atoms with E-state index in [2.05, 4.69) is 16.9 Å². The molecule has 0 fully saturated rings. The lowest BCUT2D eigenvalue weighted by molar-refractivity contribution is 0.471. The molecule has 3 heteroatoms. The van der Waals surface area contributed by atoms with Gasteiger partial charge in [-0.1, -0.05) is 6.92 Å². The maximum Gasteiger partial charge on any atom is 0.159 e. The minimum absolute atomic E-state index is 0.301. The predicted molar refractivity (Wildman–Crippen MR) is 63.2 cm³/mol. The van der Waals surface area contributed by atoms with Gasteiger partial charge in [0, 0.05) is 17.5 Å². The van der Waals surface area contributed by atoms with Crippen molar-refractivity contribution < 1.29 is 5.11 Å². The van der Waals surface area contributed by atoms with E-state index in [4.69, 9.17) is 0 Å². The Morgan fingerprint density at radius 1 is 1.25 bits per heavy atom. The quantitative estimate of drug-likeness (QED) is 0.836.